The molecule has 0 aliphatic rings. The Bertz CT molecular complexity index is 1310. The molecule has 0 saturated carbocycles. The van der Waals surface area contributed by atoms with Crippen LogP contribution in [0.5, 0.6) is 0 Å². The highest BCUT2D eigenvalue weighted by molar-refractivity contribution is 6.01. The number of carbonyl (C=O) groups excluding carboxylic acids is 2. The summed E-state index contributed by atoms with van der Waals surface area (Å²) in [5.74, 6) is -0.916. The Hall–Kier alpha value is -4.25. The molecule has 0 aliphatic carbocycles. The molecule has 1 aromatic heterocycles. The van der Waals surface area contributed by atoms with Crippen molar-refractivity contribution in [3.05, 3.63) is 81.5 Å². The molecular weight excluding hydrogens is 408 g/mol. The smallest absolute Gasteiger partial charge is 0.306 e. The number of rotatable bonds is 7. The zero-order valence-electron chi connectivity index (χ0n) is 17.8. The summed E-state index contributed by atoms with van der Waals surface area (Å²) in [5, 5.41) is 9.43. The van der Waals surface area contributed by atoms with Gasteiger partial charge >= 0.3 is 5.97 Å². The number of ketones is 1. The summed E-state index contributed by atoms with van der Waals surface area (Å²) in [7, 11) is 0. The monoisotopic (exact) mass is 430 g/mol. The number of nitrogens with zero attached hydrogens (tertiary/aromatic N) is 3. The minimum Gasteiger partial charge on any atom is -0.457 e. The van der Waals surface area contributed by atoms with E-state index in [9.17, 15) is 14.4 Å². The first kappa shape index (κ1) is 22.4. The summed E-state index contributed by atoms with van der Waals surface area (Å²) < 4.78 is 6.47. The Morgan fingerprint density at radius 3 is 2.50 bits per heavy atom. The van der Waals surface area contributed by atoms with Crippen molar-refractivity contribution >= 4 is 22.7 Å². The van der Waals surface area contributed by atoms with Crippen LogP contribution in [0, 0.1) is 18.3 Å². The van der Waals surface area contributed by atoms with E-state index in [1.54, 1.807) is 30.3 Å². The van der Waals surface area contributed by atoms with Crippen molar-refractivity contribution in [1.82, 2.24) is 9.55 Å². The SMILES string of the molecule is C/C(N)=C(/C#N)C(=O)COC(=O)CCc1nc2ccccc2c(=O)n1-c1ccc(C)cc1. The number of benzene rings is 2. The maximum atomic E-state index is 13.2. The zero-order chi connectivity index (χ0) is 23.3. The van der Waals surface area contributed by atoms with Crippen LogP contribution in [-0.4, -0.2) is 27.9 Å². The number of nitrogens with two attached hydrogens (primary N) is 1. The van der Waals surface area contributed by atoms with Gasteiger partial charge in [0.25, 0.3) is 5.56 Å². The molecule has 3 aromatic rings. The normalized spacial score (nSPS) is 11.5. The summed E-state index contributed by atoms with van der Waals surface area (Å²) in [5.41, 5.74) is 7.29. The van der Waals surface area contributed by atoms with E-state index in [1.807, 2.05) is 31.2 Å². The van der Waals surface area contributed by atoms with Gasteiger partial charge in [-0.15, -0.1) is 0 Å². The third-order valence-corrected chi connectivity index (χ3v) is 4.84. The molecule has 1 heterocycles. The third kappa shape index (κ3) is 4.90. The molecule has 2 N–H and O–H groups in total. The number of hydrogen-bond donors (Lipinski definition) is 1. The summed E-state index contributed by atoms with van der Waals surface area (Å²) in [6.45, 7) is 2.79. The largest absolute Gasteiger partial charge is 0.457 e. The van der Waals surface area contributed by atoms with E-state index in [2.05, 4.69) is 4.98 Å². The lowest BCUT2D eigenvalue weighted by Crippen LogP contribution is -2.25. The first-order chi connectivity index (χ1) is 15.3. The second kappa shape index (κ2) is 9.71. The topological polar surface area (TPSA) is 128 Å². The quantitative estimate of drug-likeness (QED) is 0.346. The van der Waals surface area contributed by atoms with Gasteiger partial charge in [-0.1, -0.05) is 29.8 Å². The maximum absolute atomic E-state index is 13.2. The van der Waals surface area contributed by atoms with Crippen molar-refractivity contribution in [2.24, 2.45) is 5.73 Å². The lowest BCUT2D eigenvalue weighted by molar-refractivity contribution is -0.147. The molecule has 0 saturated heterocycles. The van der Waals surface area contributed by atoms with E-state index < -0.39 is 18.4 Å². The van der Waals surface area contributed by atoms with Crippen molar-refractivity contribution in [2.75, 3.05) is 6.61 Å². The van der Waals surface area contributed by atoms with Crippen LogP contribution in [0.1, 0.15) is 24.7 Å². The molecule has 0 amide bonds. The van der Waals surface area contributed by atoms with Gasteiger partial charge in [-0.3, -0.25) is 19.0 Å². The number of Topliss-reactive ketones (excluding diaryl/α,β-unsaturated/α-hetero) is 1. The standard InChI is InChI=1S/C24H22N4O4/c1-15-7-9-17(10-8-15)28-22(27-20-6-4-3-5-18(20)24(28)31)11-12-23(30)32-14-21(29)19(13-25)16(2)26/h3-10H,11-12,14,26H2,1-2H3/b19-16+. The van der Waals surface area contributed by atoms with Crippen LogP contribution < -0.4 is 11.3 Å². The molecule has 32 heavy (non-hydrogen) atoms. The van der Waals surface area contributed by atoms with Crippen molar-refractivity contribution in [1.29, 1.82) is 5.26 Å². The average molecular weight is 430 g/mol. The number of hydrogen-bond acceptors (Lipinski definition) is 7. The Labute approximate surface area is 184 Å². The fourth-order valence-corrected chi connectivity index (χ4v) is 3.18. The second-order valence-electron chi connectivity index (χ2n) is 7.27. The van der Waals surface area contributed by atoms with Gasteiger partial charge in [-0.25, -0.2) is 4.98 Å². The van der Waals surface area contributed by atoms with Gasteiger partial charge in [-0.2, -0.15) is 5.26 Å². The molecule has 0 aliphatic heterocycles. The van der Waals surface area contributed by atoms with Crippen LogP contribution >= 0.6 is 0 Å². The first-order valence-electron chi connectivity index (χ1n) is 9.94. The molecular formula is C24H22N4O4. The van der Waals surface area contributed by atoms with Gasteiger partial charge in [0.2, 0.25) is 5.78 Å². The van der Waals surface area contributed by atoms with Crippen molar-refractivity contribution in [3.8, 4) is 11.8 Å². The number of aromatic nitrogens is 2. The Morgan fingerprint density at radius 1 is 1.16 bits per heavy atom. The molecule has 162 valence electrons. The highest BCUT2D eigenvalue weighted by Gasteiger charge is 2.17. The molecule has 3 rings (SSSR count). The van der Waals surface area contributed by atoms with Gasteiger partial charge in [0.05, 0.1) is 23.0 Å². The van der Waals surface area contributed by atoms with Gasteiger partial charge < -0.3 is 10.5 Å². The van der Waals surface area contributed by atoms with E-state index in [-0.39, 0.29) is 29.7 Å². The average Bonchev–Trinajstić information content (AvgIpc) is 2.77. The number of para-hydroxylation sites is 1. The van der Waals surface area contributed by atoms with Crippen molar-refractivity contribution < 1.29 is 14.3 Å². The van der Waals surface area contributed by atoms with Crippen molar-refractivity contribution in [3.63, 3.8) is 0 Å². The minimum absolute atomic E-state index is 0.0658. The first-order valence-corrected chi connectivity index (χ1v) is 9.94. The number of nitriles is 1. The number of fused-ring (bicyclic) bond motifs is 1. The van der Waals surface area contributed by atoms with Crippen LogP contribution in [-0.2, 0) is 20.7 Å². The van der Waals surface area contributed by atoms with E-state index in [4.69, 9.17) is 15.7 Å². The van der Waals surface area contributed by atoms with Crippen LogP contribution in [0.3, 0.4) is 0 Å². The van der Waals surface area contributed by atoms with Crippen molar-refractivity contribution in [2.45, 2.75) is 26.7 Å². The molecule has 0 fully saturated rings. The number of ether oxygens (including phenoxy) is 1. The molecule has 0 spiro atoms. The van der Waals surface area contributed by atoms with Crippen LogP contribution in [0.2, 0.25) is 0 Å². The molecule has 0 unspecified atom stereocenters. The lowest BCUT2D eigenvalue weighted by Gasteiger charge is -2.14. The maximum Gasteiger partial charge on any atom is 0.306 e. The predicted molar refractivity (Wildman–Crippen MR) is 119 cm³/mol. The zero-order valence-corrected chi connectivity index (χ0v) is 17.8. The summed E-state index contributed by atoms with van der Waals surface area (Å²) in [6, 6.07) is 16.1. The van der Waals surface area contributed by atoms with Crippen LogP contribution in [0.4, 0.5) is 0 Å². The molecule has 0 atom stereocenters. The summed E-state index contributed by atoms with van der Waals surface area (Å²) >= 11 is 0. The fraction of sp³-hybridized carbons (Fsp3) is 0.208. The molecule has 8 nitrogen and oxygen atoms in total. The number of esters is 1. The molecule has 0 radical (unpaired) electrons. The number of allylic oxidation sites excluding steroid dienone is 1. The Morgan fingerprint density at radius 2 is 1.84 bits per heavy atom. The summed E-state index contributed by atoms with van der Waals surface area (Å²) in [6.07, 6.45) is 0.0228. The van der Waals surface area contributed by atoms with E-state index in [1.165, 1.54) is 11.5 Å². The summed E-state index contributed by atoms with van der Waals surface area (Å²) in [4.78, 5) is 41.9. The Kier molecular flexibility index (Phi) is 6.80. The van der Waals surface area contributed by atoms with Crippen LogP contribution in [0.15, 0.2) is 64.6 Å². The number of aryl methyl sites for hydroxylation is 2. The van der Waals surface area contributed by atoms with Gasteiger partial charge in [0.1, 0.15) is 17.5 Å². The molecule has 2 aromatic carbocycles. The minimum atomic E-state index is -0.666. The molecule has 0 bridgehead atoms. The number of carbonyl (C=O) groups is 2. The Balaban J connectivity index is 1.85. The van der Waals surface area contributed by atoms with Gasteiger partial charge in [0.15, 0.2) is 6.61 Å². The van der Waals surface area contributed by atoms with E-state index in [0.29, 0.717) is 22.4 Å². The molecule has 8 heteroatoms. The van der Waals surface area contributed by atoms with Gasteiger partial charge in [0, 0.05) is 12.1 Å². The van der Waals surface area contributed by atoms with E-state index in [0.717, 1.165) is 5.56 Å². The van der Waals surface area contributed by atoms with E-state index >= 15 is 0 Å². The fourth-order valence-electron chi connectivity index (χ4n) is 3.18. The van der Waals surface area contributed by atoms with Gasteiger partial charge in [-0.05, 0) is 38.1 Å². The highest BCUT2D eigenvalue weighted by Crippen LogP contribution is 2.15. The lowest BCUT2D eigenvalue weighted by atomic mass is 10.1. The third-order valence-electron chi connectivity index (χ3n) is 4.84. The highest BCUT2D eigenvalue weighted by atomic mass is 16.5. The van der Waals surface area contributed by atoms with Crippen LogP contribution in [0.25, 0.3) is 16.6 Å². The second-order valence-corrected chi connectivity index (χ2v) is 7.27. The predicted octanol–water partition coefficient (Wildman–Crippen LogP) is 2.50.